The van der Waals surface area contributed by atoms with E-state index in [0.29, 0.717) is 6.42 Å². The molecule has 0 radical (unpaired) electrons. The first kappa shape index (κ1) is 12.1. The monoisotopic (exact) mass is 232 g/mol. The quantitative estimate of drug-likeness (QED) is 0.814. The highest BCUT2D eigenvalue weighted by Crippen LogP contribution is 2.21. The molecule has 1 aliphatic heterocycles. The smallest absolute Gasteiger partial charge is 0.0957 e. The number of anilines is 1. The fraction of sp³-hybridized carbons (Fsp3) is 0.500. The lowest BCUT2D eigenvalue weighted by Crippen LogP contribution is -2.29. The Kier molecular flexibility index (Phi) is 3.79. The molecule has 3 nitrogen and oxygen atoms in total. The third-order valence-electron chi connectivity index (χ3n) is 3.20. The molecule has 1 N–H and O–H groups in total. The van der Waals surface area contributed by atoms with Crippen molar-refractivity contribution in [1.29, 1.82) is 0 Å². The second-order valence-corrected chi connectivity index (χ2v) is 4.63. The molecule has 0 aromatic carbocycles. The van der Waals surface area contributed by atoms with Gasteiger partial charge in [-0.3, -0.25) is 4.98 Å². The van der Waals surface area contributed by atoms with Gasteiger partial charge in [-0.2, -0.15) is 0 Å². The molecule has 0 spiro atoms. The summed E-state index contributed by atoms with van der Waals surface area (Å²) in [6, 6.07) is 3.98. The van der Waals surface area contributed by atoms with Gasteiger partial charge in [0.2, 0.25) is 0 Å². The Labute approximate surface area is 103 Å². The molecule has 1 unspecified atom stereocenters. The van der Waals surface area contributed by atoms with Gasteiger partial charge >= 0.3 is 0 Å². The highest BCUT2D eigenvalue weighted by atomic mass is 16.3. The predicted octanol–water partition coefficient (Wildman–Crippen LogP) is 2.68. The molecular weight excluding hydrogens is 212 g/mol. The van der Waals surface area contributed by atoms with Crippen molar-refractivity contribution in [3.63, 3.8) is 0 Å². The molecule has 17 heavy (non-hydrogen) atoms. The van der Waals surface area contributed by atoms with Crippen LogP contribution in [-0.2, 0) is 0 Å². The van der Waals surface area contributed by atoms with E-state index in [1.54, 1.807) is 0 Å². The van der Waals surface area contributed by atoms with Gasteiger partial charge in [-0.25, -0.2) is 0 Å². The third kappa shape index (κ3) is 2.86. The fourth-order valence-electron chi connectivity index (χ4n) is 2.12. The van der Waals surface area contributed by atoms with Crippen LogP contribution in [0.1, 0.15) is 38.5 Å². The molecule has 1 aliphatic rings. The minimum absolute atomic E-state index is 0.438. The molecule has 1 aromatic rings. The summed E-state index contributed by atoms with van der Waals surface area (Å²) in [4.78, 5) is 6.66. The van der Waals surface area contributed by atoms with E-state index in [1.165, 1.54) is 5.57 Å². The Balaban J connectivity index is 2.10. The third-order valence-corrected chi connectivity index (χ3v) is 3.20. The van der Waals surface area contributed by atoms with Gasteiger partial charge in [-0.1, -0.05) is 18.6 Å². The van der Waals surface area contributed by atoms with Crippen LogP contribution in [0, 0.1) is 0 Å². The second kappa shape index (κ2) is 5.32. The molecule has 3 heteroatoms. The van der Waals surface area contributed by atoms with E-state index in [1.807, 2.05) is 19.2 Å². The van der Waals surface area contributed by atoms with E-state index < -0.39 is 6.10 Å². The molecule has 0 bridgehead atoms. The van der Waals surface area contributed by atoms with Crippen molar-refractivity contribution < 1.29 is 5.11 Å². The molecule has 0 saturated heterocycles. The highest BCUT2D eigenvalue weighted by Gasteiger charge is 2.12. The number of nitrogens with zero attached hydrogens (tertiary/aromatic N) is 2. The Morgan fingerprint density at radius 3 is 2.88 bits per heavy atom. The van der Waals surface area contributed by atoms with Gasteiger partial charge in [0, 0.05) is 13.1 Å². The molecule has 1 aromatic heterocycles. The number of rotatable bonds is 3. The number of aromatic nitrogens is 1. The first-order chi connectivity index (χ1) is 8.20. The fourth-order valence-corrected chi connectivity index (χ4v) is 2.12. The van der Waals surface area contributed by atoms with Crippen LogP contribution in [-0.4, -0.2) is 23.2 Å². The number of aliphatic hydroxyl groups excluding tert-OH is 1. The van der Waals surface area contributed by atoms with Crippen molar-refractivity contribution in [2.75, 3.05) is 18.0 Å². The van der Waals surface area contributed by atoms with Gasteiger partial charge in [0.15, 0.2) is 0 Å². The van der Waals surface area contributed by atoms with E-state index >= 15 is 0 Å². The van der Waals surface area contributed by atoms with E-state index in [2.05, 4.69) is 29.0 Å². The van der Waals surface area contributed by atoms with Gasteiger partial charge in [0.1, 0.15) is 0 Å². The number of hydrogen-bond donors (Lipinski definition) is 1. The number of pyridine rings is 1. The van der Waals surface area contributed by atoms with E-state index in [-0.39, 0.29) is 0 Å². The highest BCUT2D eigenvalue weighted by molar-refractivity contribution is 5.47. The van der Waals surface area contributed by atoms with Crippen LogP contribution in [0.15, 0.2) is 30.0 Å². The van der Waals surface area contributed by atoms with E-state index in [0.717, 1.165) is 30.9 Å². The van der Waals surface area contributed by atoms with Crippen molar-refractivity contribution in [2.24, 2.45) is 0 Å². The normalized spacial score (nSPS) is 17.8. The molecule has 2 rings (SSSR count). The Morgan fingerprint density at radius 2 is 2.29 bits per heavy atom. The van der Waals surface area contributed by atoms with Crippen molar-refractivity contribution >= 4 is 5.69 Å². The van der Waals surface area contributed by atoms with Crippen molar-refractivity contribution in [1.82, 2.24) is 4.98 Å². The SMILES string of the molecule is CCC(O)c1ccc(N2CCC=C(C)C2)cn1. The van der Waals surface area contributed by atoms with Crippen molar-refractivity contribution in [3.8, 4) is 0 Å². The molecule has 0 amide bonds. The summed E-state index contributed by atoms with van der Waals surface area (Å²) in [5, 5.41) is 9.69. The van der Waals surface area contributed by atoms with E-state index in [4.69, 9.17) is 0 Å². The lowest BCUT2D eigenvalue weighted by Gasteiger charge is -2.28. The number of hydrogen-bond acceptors (Lipinski definition) is 3. The molecule has 0 saturated carbocycles. The van der Waals surface area contributed by atoms with Gasteiger partial charge in [0.05, 0.1) is 23.7 Å². The van der Waals surface area contributed by atoms with Crippen molar-refractivity contribution in [2.45, 2.75) is 32.8 Å². The zero-order valence-electron chi connectivity index (χ0n) is 10.6. The summed E-state index contributed by atoms with van der Waals surface area (Å²) in [6.07, 6.45) is 5.53. The Morgan fingerprint density at radius 1 is 1.47 bits per heavy atom. The first-order valence-electron chi connectivity index (χ1n) is 6.25. The molecular formula is C14H20N2O. The average Bonchev–Trinajstić information content (AvgIpc) is 2.38. The average molecular weight is 232 g/mol. The lowest BCUT2D eigenvalue weighted by molar-refractivity contribution is 0.169. The molecule has 0 aliphatic carbocycles. The van der Waals surface area contributed by atoms with Crippen LogP contribution in [0.3, 0.4) is 0 Å². The maximum absolute atomic E-state index is 9.69. The summed E-state index contributed by atoms with van der Waals surface area (Å²) in [6.45, 7) is 6.15. The van der Waals surface area contributed by atoms with Gasteiger partial charge in [-0.15, -0.1) is 0 Å². The van der Waals surface area contributed by atoms with Crippen LogP contribution >= 0.6 is 0 Å². The summed E-state index contributed by atoms with van der Waals surface area (Å²) in [5.74, 6) is 0. The lowest BCUT2D eigenvalue weighted by atomic mass is 10.1. The Hall–Kier alpha value is -1.35. The molecule has 1 atom stereocenters. The summed E-state index contributed by atoms with van der Waals surface area (Å²) >= 11 is 0. The maximum atomic E-state index is 9.69. The minimum Gasteiger partial charge on any atom is -0.387 e. The van der Waals surface area contributed by atoms with Gasteiger partial charge < -0.3 is 10.0 Å². The standard InChI is InChI=1S/C14H20N2O/c1-3-14(17)13-7-6-12(9-15-13)16-8-4-5-11(2)10-16/h5-7,9,14,17H,3-4,8,10H2,1-2H3. The predicted molar refractivity (Wildman–Crippen MR) is 70.1 cm³/mol. The summed E-state index contributed by atoms with van der Waals surface area (Å²) in [5.41, 5.74) is 3.32. The van der Waals surface area contributed by atoms with Crippen LogP contribution in [0.4, 0.5) is 5.69 Å². The van der Waals surface area contributed by atoms with Crippen LogP contribution in [0.25, 0.3) is 0 Å². The minimum atomic E-state index is -0.438. The van der Waals surface area contributed by atoms with Crippen LogP contribution in [0.2, 0.25) is 0 Å². The zero-order valence-corrected chi connectivity index (χ0v) is 10.6. The molecule has 92 valence electrons. The Bertz CT molecular complexity index is 397. The summed E-state index contributed by atoms with van der Waals surface area (Å²) in [7, 11) is 0. The van der Waals surface area contributed by atoms with Crippen molar-refractivity contribution in [3.05, 3.63) is 35.7 Å². The summed E-state index contributed by atoms with van der Waals surface area (Å²) < 4.78 is 0. The topological polar surface area (TPSA) is 36.4 Å². The van der Waals surface area contributed by atoms with Gasteiger partial charge in [0.25, 0.3) is 0 Å². The second-order valence-electron chi connectivity index (χ2n) is 4.63. The van der Waals surface area contributed by atoms with Gasteiger partial charge in [-0.05, 0) is 31.9 Å². The van der Waals surface area contributed by atoms with Crippen LogP contribution < -0.4 is 4.90 Å². The largest absolute Gasteiger partial charge is 0.387 e. The van der Waals surface area contributed by atoms with E-state index in [9.17, 15) is 5.11 Å². The molecule has 0 fully saturated rings. The number of aliphatic hydroxyl groups is 1. The molecule has 2 heterocycles. The first-order valence-corrected chi connectivity index (χ1v) is 6.25. The maximum Gasteiger partial charge on any atom is 0.0957 e. The van der Waals surface area contributed by atoms with Crippen LogP contribution in [0.5, 0.6) is 0 Å². The zero-order chi connectivity index (χ0) is 12.3.